The molecule has 0 fully saturated rings. The second kappa shape index (κ2) is 9.18. The zero-order chi connectivity index (χ0) is 23.6. The quantitative estimate of drug-likeness (QED) is 0.327. The Labute approximate surface area is 205 Å². The summed E-state index contributed by atoms with van der Waals surface area (Å²) < 4.78 is 18.3. The number of hydrogen-bond acceptors (Lipinski definition) is 5. The first-order chi connectivity index (χ1) is 17.3. The van der Waals surface area contributed by atoms with Crippen LogP contribution < -0.4 is 14.2 Å². The first-order valence-corrected chi connectivity index (χ1v) is 11.8. The molecule has 0 N–H and O–H groups in total. The molecule has 5 nitrogen and oxygen atoms in total. The van der Waals surface area contributed by atoms with E-state index in [1.54, 1.807) is 7.11 Å². The SMILES string of the molecule is COc1ccc([C@H]2Oc3ccccc3[C@@H]3CC(c4ccccc4)=NN23)cc1OCc1ccccc1. The Morgan fingerprint density at radius 2 is 1.60 bits per heavy atom. The lowest BCUT2D eigenvalue weighted by molar-refractivity contribution is -0.0192. The van der Waals surface area contributed by atoms with Crippen LogP contribution in [0.5, 0.6) is 17.2 Å². The predicted octanol–water partition coefficient (Wildman–Crippen LogP) is 6.52. The van der Waals surface area contributed by atoms with Gasteiger partial charge in [0.1, 0.15) is 12.4 Å². The number of hydrazone groups is 1. The van der Waals surface area contributed by atoms with E-state index in [4.69, 9.17) is 19.3 Å². The first kappa shape index (κ1) is 21.3. The molecule has 0 unspecified atom stereocenters. The van der Waals surface area contributed by atoms with Crippen LogP contribution in [0.4, 0.5) is 0 Å². The fraction of sp³-hybridized carbons (Fsp3) is 0.167. The Balaban J connectivity index is 1.36. The molecular formula is C30H26N2O3. The lowest BCUT2D eigenvalue weighted by atomic mass is 9.96. The van der Waals surface area contributed by atoms with Crippen LogP contribution in [0.2, 0.25) is 0 Å². The van der Waals surface area contributed by atoms with E-state index in [-0.39, 0.29) is 12.3 Å². The van der Waals surface area contributed by atoms with E-state index >= 15 is 0 Å². The van der Waals surface area contributed by atoms with Gasteiger partial charge < -0.3 is 14.2 Å². The third-order valence-corrected chi connectivity index (χ3v) is 6.52. The number of para-hydroxylation sites is 1. The molecule has 0 aromatic heterocycles. The second-order valence-electron chi connectivity index (χ2n) is 8.71. The standard InChI is InChI=1S/C30H26N2O3/c1-33-28-17-16-23(18-29(28)34-20-21-10-4-2-5-11-21)30-32-26(24-14-8-9-15-27(24)35-30)19-25(31-32)22-12-6-3-7-13-22/h2-18,26,30H,19-20H2,1H3/t26-,30+/m0/s1. The third kappa shape index (κ3) is 4.10. The molecular weight excluding hydrogens is 436 g/mol. The summed E-state index contributed by atoms with van der Waals surface area (Å²) in [5.74, 6) is 2.26. The highest BCUT2D eigenvalue weighted by Crippen LogP contribution is 2.48. The van der Waals surface area contributed by atoms with Crippen LogP contribution in [0, 0.1) is 0 Å². The Morgan fingerprint density at radius 1 is 0.857 bits per heavy atom. The van der Waals surface area contributed by atoms with Crippen LogP contribution in [-0.4, -0.2) is 17.8 Å². The van der Waals surface area contributed by atoms with E-state index < -0.39 is 0 Å². The van der Waals surface area contributed by atoms with Crippen molar-refractivity contribution in [2.24, 2.45) is 5.10 Å². The van der Waals surface area contributed by atoms with Gasteiger partial charge >= 0.3 is 0 Å². The Morgan fingerprint density at radius 3 is 2.40 bits per heavy atom. The van der Waals surface area contributed by atoms with E-state index in [1.165, 1.54) is 0 Å². The lowest BCUT2D eigenvalue weighted by Gasteiger charge is -2.38. The van der Waals surface area contributed by atoms with Crippen LogP contribution in [0.15, 0.2) is 108 Å². The summed E-state index contributed by atoms with van der Waals surface area (Å²) in [6, 6.07) is 34.8. The molecule has 0 bridgehead atoms. The molecule has 2 heterocycles. The van der Waals surface area contributed by atoms with Gasteiger partial charge in [0.15, 0.2) is 11.5 Å². The van der Waals surface area contributed by atoms with E-state index in [9.17, 15) is 0 Å². The highest BCUT2D eigenvalue weighted by molar-refractivity contribution is 6.01. The molecule has 174 valence electrons. The lowest BCUT2D eigenvalue weighted by Crippen LogP contribution is -2.33. The molecule has 0 aliphatic carbocycles. The van der Waals surface area contributed by atoms with Gasteiger partial charge in [-0.1, -0.05) is 78.9 Å². The van der Waals surface area contributed by atoms with Gasteiger partial charge in [0.25, 0.3) is 0 Å². The van der Waals surface area contributed by atoms with E-state index in [2.05, 4.69) is 41.4 Å². The number of methoxy groups -OCH3 is 1. The molecule has 0 spiro atoms. The molecule has 4 aromatic carbocycles. The summed E-state index contributed by atoms with van der Waals surface area (Å²) >= 11 is 0. The van der Waals surface area contributed by atoms with Crippen molar-refractivity contribution in [1.29, 1.82) is 0 Å². The molecule has 2 aliphatic rings. The normalized spacial score (nSPS) is 18.2. The van der Waals surface area contributed by atoms with Crippen molar-refractivity contribution >= 4 is 5.71 Å². The first-order valence-electron chi connectivity index (χ1n) is 11.8. The van der Waals surface area contributed by atoms with Crippen molar-refractivity contribution in [3.63, 3.8) is 0 Å². The summed E-state index contributed by atoms with van der Waals surface area (Å²) in [5.41, 5.74) is 5.42. The number of benzene rings is 4. The fourth-order valence-electron chi connectivity index (χ4n) is 4.75. The van der Waals surface area contributed by atoms with Gasteiger partial charge in [-0.3, -0.25) is 0 Å². The maximum Gasteiger partial charge on any atom is 0.214 e. The Bertz CT molecular complexity index is 1350. The Kier molecular flexibility index (Phi) is 5.59. The van der Waals surface area contributed by atoms with Crippen LogP contribution in [-0.2, 0) is 6.61 Å². The summed E-state index contributed by atoms with van der Waals surface area (Å²) in [4.78, 5) is 0. The summed E-state index contributed by atoms with van der Waals surface area (Å²) in [5, 5.41) is 7.15. The molecule has 35 heavy (non-hydrogen) atoms. The molecule has 0 amide bonds. The summed E-state index contributed by atoms with van der Waals surface area (Å²) in [7, 11) is 1.66. The zero-order valence-corrected chi connectivity index (χ0v) is 19.5. The third-order valence-electron chi connectivity index (χ3n) is 6.52. The minimum Gasteiger partial charge on any atom is -0.493 e. The monoisotopic (exact) mass is 462 g/mol. The van der Waals surface area contributed by atoms with Gasteiger partial charge in [0.05, 0.1) is 18.9 Å². The van der Waals surface area contributed by atoms with Gasteiger partial charge in [-0.2, -0.15) is 5.10 Å². The predicted molar refractivity (Wildman–Crippen MR) is 136 cm³/mol. The van der Waals surface area contributed by atoms with Crippen LogP contribution in [0.3, 0.4) is 0 Å². The molecule has 4 aromatic rings. The zero-order valence-electron chi connectivity index (χ0n) is 19.5. The van der Waals surface area contributed by atoms with Crippen molar-refractivity contribution in [2.45, 2.75) is 25.3 Å². The molecule has 2 atom stereocenters. The number of rotatable bonds is 6. The van der Waals surface area contributed by atoms with Gasteiger partial charge in [-0.25, -0.2) is 5.01 Å². The van der Waals surface area contributed by atoms with Crippen molar-refractivity contribution < 1.29 is 14.2 Å². The smallest absolute Gasteiger partial charge is 0.214 e. The summed E-state index contributed by atoms with van der Waals surface area (Å²) in [6.07, 6.45) is 0.454. The molecule has 2 aliphatic heterocycles. The molecule has 0 saturated carbocycles. The minimum atomic E-state index is -0.374. The van der Waals surface area contributed by atoms with E-state index in [0.29, 0.717) is 18.1 Å². The van der Waals surface area contributed by atoms with Gasteiger partial charge in [-0.05, 0) is 35.4 Å². The number of nitrogens with zero attached hydrogens (tertiary/aromatic N) is 2. The van der Waals surface area contributed by atoms with Crippen molar-refractivity contribution in [1.82, 2.24) is 5.01 Å². The molecule has 5 heteroatoms. The van der Waals surface area contributed by atoms with Crippen molar-refractivity contribution in [2.75, 3.05) is 7.11 Å². The van der Waals surface area contributed by atoms with Crippen LogP contribution in [0.25, 0.3) is 0 Å². The topological polar surface area (TPSA) is 43.3 Å². The maximum atomic E-state index is 6.53. The number of fused-ring (bicyclic) bond motifs is 3. The summed E-state index contributed by atoms with van der Waals surface area (Å²) in [6.45, 7) is 0.456. The number of ether oxygens (including phenoxy) is 3. The average Bonchev–Trinajstić information content (AvgIpc) is 3.38. The molecule has 0 radical (unpaired) electrons. The second-order valence-corrected chi connectivity index (χ2v) is 8.71. The van der Waals surface area contributed by atoms with Gasteiger partial charge in [0.2, 0.25) is 6.23 Å². The largest absolute Gasteiger partial charge is 0.493 e. The highest BCUT2D eigenvalue weighted by Gasteiger charge is 2.41. The highest BCUT2D eigenvalue weighted by atomic mass is 16.5. The van der Waals surface area contributed by atoms with Crippen LogP contribution >= 0.6 is 0 Å². The van der Waals surface area contributed by atoms with Gasteiger partial charge in [-0.15, -0.1) is 0 Å². The molecule has 0 saturated heterocycles. The average molecular weight is 463 g/mol. The fourth-order valence-corrected chi connectivity index (χ4v) is 4.75. The maximum absolute atomic E-state index is 6.53. The van der Waals surface area contributed by atoms with E-state index in [0.717, 1.165) is 40.1 Å². The van der Waals surface area contributed by atoms with Crippen molar-refractivity contribution in [3.8, 4) is 17.2 Å². The van der Waals surface area contributed by atoms with Crippen LogP contribution in [0.1, 0.15) is 40.9 Å². The van der Waals surface area contributed by atoms with E-state index in [1.807, 2.05) is 66.7 Å². The number of hydrogen-bond donors (Lipinski definition) is 0. The van der Waals surface area contributed by atoms with Crippen molar-refractivity contribution in [3.05, 3.63) is 125 Å². The minimum absolute atomic E-state index is 0.107. The van der Waals surface area contributed by atoms with Gasteiger partial charge in [0, 0.05) is 17.5 Å². The Hall–Kier alpha value is -4.25. The molecule has 6 rings (SSSR count).